The van der Waals surface area contributed by atoms with E-state index in [0.29, 0.717) is 18.8 Å². The third-order valence-electron chi connectivity index (χ3n) is 3.89. The summed E-state index contributed by atoms with van der Waals surface area (Å²) in [4.78, 5) is 4.76. The Balaban J connectivity index is 1.90. The lowest BCUT2D eigenvalue weighted by atomic mass is 9.95. The van der Waals surface area contributed by atoms with Gasteiger partial charge in [0.25, 0.3) is 0 Å². The topological polar surface area (TPSA) is 55.1 Å². The number of hydrogen-bond donors (Lipinski definition) is 0. The van der Waals surface area contributed by atoms with Gasteiger partial charge in [-0.2, -0.15) is 5.26 Å². The second kappa shape index (κ2) is 5.94. The number of methoxy groups -OCH3 is 1. The lowest BCUT2D eigenvalue weighted by Gasteiger charge is -2.33. The number of nitriles is 1. The molecule has 108 valence electrons. The number of ether oxygens (including phenoxy) is 2. The van der Waals surface area contributed by atoms with Crippen molar-refractivity contribution in [2.24, 2.45) is 0 Å². The Morgan fingerprint density at radius 3 is 2.62 bits per heavy atom. The Hall–Kier alpha value is -1.74. The van der Waals surface area contributed by atoms with Gasteiger partial charge < -0.3 is 9.47 Å². The van der Waals surface area contributed by atoms with Crippen LogP contribution in [0.2, 0.25) is 0 Å². The van der Waals surface area contributed by atoms with E-state index in [1.807, 2.05) is 29.6 Å². The zero-order valence-electron chi connectivity index (χ0n) is 11.8. The van der Waals surface area contributed by atoms with Crippen molar-refractivity contribution in [1.29, 1.82) is 5.26 Å². The first-order valence-electron chi connectivity index (χ1n) is 6.87. The minimum Gasteiger partial charge on any atom is -0.381 e. The third kappa shape index (κ3) is 2.70. The van der Waals surface area contributed by atoms with Gasteiger partial charge in [-0.25, -0.2) is 4.98 Å². The van der Waals surface area contributed by atoms with E-state index in [2.05, 4.69) is 6.07 Å². The molecule has 0 amide bonds. The van der Waals surface area contributed by atoms with Crippen molar-refractivity contribution >= 4 is 11.3 Å². The van der Waals surface area contributed by atoms with Crippen LogP contribution in [0.1, 0.15) is 23.4 Å². The van der Waals surface area contributed by atoms with Gasteiger partial charge in [-0.05, 0) is 12.1 Å². The van der Waals surface area contributed by atoms with Crippen LogP contribution >= 0.6 is 11.3 Å². The quantitative estimate of drug-likeness (QED) is 0.872. The lowest BCUT2D eigenvalue weighted by Crippen LogP contribution is -2.35. The molecule has 0 bridgehead atoms. The fourth-order valence-corrected chi connectivity index (χ4v) is 3.60. The van der Waals surface area contributed by atoms with Gasteiger partial charge in [0.15, 0.2) is 0 Å². The fraction of sp³-hybridized carbons (Fsp3) is 0.375. The van der Waals surface area contributed by atoms with E-state index in [4.69, 9.17) is 19.7 Å². The molecule has 0 radical (unpaired) electrons. The van der Waals surface area contributed by atoms with Crippen molar-refractivity contribution in [3.8, 4) is 17.3 Å². The Morgan fingerprint density at radius 1 is 1.29 bits per heavy atom. The molecule has 1 aromatic carbocycles. The summed E-state index contributed by atoms with van der Waals surface area (Å²) < 4.78 is 11.2. The molecular formula is C16H16N2O2S. The van der Waals surface area contributed by atoms with Gasteiger partial charge >= 0.3 is 0 Å². The summed E-state index contributed by atoms with van der Waals surface area (Å²) >= 11 is 1.63. The second-order valence-corrected chi connectivity index (χ2v) is 5.90. The number of aromatic nitrogens is 1. The van der Waals surface area contributed by atoms with Crippen molar-refractivity contribution in [2.75, 3.05) is 20.3 Å². The third-order valence-corrected chi connectivity index (χ3v) is 4.92. The first-order valence-corrected chi connectivity index (χ1v) is 7.75. The molecule has 2 heterocycles. The molecule has 1 aromatic heterocycles. The smallest absolute Gasteiger partial charge is 0.125 e. The van der Waals surface area contributed by atoms with Crippen molar-refractivity contribution in [3.05, 3.63) is 40.2 Å². The molecule has 5 heteroatoms. The standard InChI is InChI=1S/C16H16N2O2S/c1-19-16(6-8-20-9-7-16)15-18-14(11-21-15)13-4-2-12(10-17)3-5-13/h2-5,11H,6-9H2,1H3. The van der Waals surface area contributed by atoms with Crippen LogP contribution in [0.5, 0.6) is 0 Å². The molecule has 1 fully saturated rings. The average molecular weight is 300 g/mol. The predicted molar refractivity (Wildman–Crippen MR) is 81.0 cm³/mol. The highest BCUT2D eigenvalue weighted by atomic mass is 32.1. The lowest BCUT2D eigenvalue weighted by molar-refractivity contribution is -0.0947. The maximum Gasteiger partial charge on any atom is 0.125 e. The molecule has 21 heavy (non-hydrogen) atoms. The Bertz CT molecular complexity index is 652. The highest BCUT2D eigenvalue weighted by Gasteiger charge is 2.37. The number of thiazole rings is 1. The molecule has 4 nitrogen and oxygen atoms in total. The highest BCUT2D eigenvalue weighted by molar-refractivity contribution is 7.10. The van der Waals surface area contributed by atoms with E-state index in [0.717, 1.165) is 29.1 Å². The molecule has 3 rings (SSSR count). The molecule has 0 unspecified atom stereocenters. The predicted octanol–water partition coefficient (Wildman–Crippen LogP) is 3.33. The fourth-order valence-electron chi connectivity index (χ4n) is 2.54. The second-order valence-electron chi connectivity index (χ2n) is 5.04. The van der Waals surface area contributed by atoms with Gasteiger partial charge in [-0.3, -0.25) is 0 Å². The summed E-state index contributed by atoms with van der Waals surface area (Å²) in [7, 11) is 1.74. The van der Waals surface area contributed by atoms with Gasteiger partial charge in [-0.1, -0.05) is 12.1 Å². The summed E-state index contributed by atoms with van der Waals surface area (Å²) in [5.74, 6) is 0. The molecule has 0 aliphatic carbocycles. The largest absolute Gasteiger partial charge is 0.381 e. The highest BCUT2D eigenvalue weighted by Crippen LogP contribution is 2.38. The molecular weight excluding hydrogens is 284 g/mol. The molecule has 0 atom stereocenters. The number of benzene rings is 1. The maximum atomic E-state index is 8.85. The maximum absolute atomic E-state index is 8.85. The van der Waals surface area contributed by atoms with E-state index >= 15 is 0 Å². The van der Waals surface area contributed by atoms with Crippen LogP contribution < -0.4 is 0 Å². The summed E-state index contributed by atoms with van der Waals surface area (Å²) in [6.45, 7) is 1.42. The molecule has 1 aliphatic heterocycles. The van der Waals surface area contributed by atoms with E-state index in [1.165, 1.54) is 0 Å². The van der Waals surface area contributed by atoms with Crippen LogP contribution in [0.4, 0.5) is 0 Å². The van der Waals surface area contributed by atoms with Crippen molar-refractivity contribution in [1.82, 2.24) is 4.98 Å². The van der Waals surface area contributed by atoms with Crippen molar-refractivity contribution in [3.63, 3.8) is 0 Å². The summed E-state index contributed by atoms with van der Waals surface area (Å²) in [5.41, 5.74) is 2.30. The first-order chi connectivity index (χ1) is 10.3. The number of nitrogens with zero attached hydrogens (tertiary/aromatic N) is 2. The number of hydrogen-bond acceptors (Lipinski definition) is 5. The zero-order chi connectivity index (χ0) is 14.7. The van der Waals surface area contributed by atoms with Crippen LogP contribution in [0.15, 0.2) is 29.6 Å². The van der Waals surface area contributed by atoms with Gasteiger partial charge in [0, 0.05) is 44.1 Å². The van der Waals surface area contributed by atoms with Gasteiger partial charge in [0.05, 0.1) is 17.3 Å². The summed E-state index contributed by atoms with van der Waals surface area (Å²) in [6, 6.07) is 9.62. The van der Waals surface area contributed by atoms with Crippen LogP contribution in [0, 0.1) is 11.3 Å². The first kappa shape index (κ1) is 14.2. The number of rotatable bonds is 3. The monoisotopic (exact) mass is 300 g/mol. The Kier molecular flexibility index (Phi) is 4.02. The van der Waals surface area contributed by atoms with Crippen LogP contribution in [0.25, 0.3) is 11.3 Å². The van der Waals surface area contributed by atoms with Crippen LogP contribution in [0.3, 0.4) is 0 Å². The normalized spacial score (nSPS) is 17.3. The van der Waals surface area contributed by atoms with E-state index in [-0.39, 0.29) is 5.60 Å². The van der Waals surface area contributed by atoms with E-state index in [1.54, 1.807) is 18.4 Å². The minimum atomic E-state index is -0.312. The van der Waals surface area contributed by atoms with Gasteiger partial charge in [0.1, 0.15) is 10.6 Å². The Labute approximate surface area is 128 Å². The van der Waals surface area contributed by atoms with E-state index < -0.39 is 0 Å². The molecule has 1 saturated heterocycles. The molecule has 0 saturated carbocycles. The molecule has 0 spiro atoms. The van der Waals surface area contributed by atoms with Crippen molar-refractivity contribution in [2.45, 2.75) is 18.4 Å². The van der Waals surface area contributed by atoms with Crippen molar-refractivity contribution < 1.29 is 9.47 Å². The van der Waals surface area contributed by atoms with Crippen LogP contribution in [-0.4, -0.2) is 25.3 Å². The summed E-state index contributed by atoms with van der Waals surface area (Å²) in [5, 5.41) is 11.9. The van der Waals surface area contributed by atoms with Gasteiger partial charge in [-0.15, -0.1) is 11.3 Å². The average Bonchev–Trinajstić information content (AvgIpc) is 3.06. The molecule has 1 aliphatic rings. The minimum absolute atomic E-state index is 0.312. The molecule has 0 N–H and O–H groups in total. The Morgan fingerprint density at radius 2 is 2.00 bits per heavy atom. The molecule has 2 aromatic rings. The SMILES string of the molecule is COC1(c2nc(-c3ccc(C#N)cc3)cs2)CCOCC1. The van der Waals surface area contributed by atoms with E-state index in [9.17, 15) is 0 Å². The zero-order valence-corrected chi connectivity index (χ0v) is 12.7. The summed E-state index contributed by atoms with van der Waals surface area (Å²) in [6.07, 6.45) is 1.67. The van der Waals surface area contributed by atoms with Crippen LogP contribution in [-0.2, 0) is 15.1 Å². The van der Waals surface area contributed by atoms with Gasteiger partial charge in [0.2, 0.25) is 0 Å².